The van der Waals surface area contributed by atoms with E-state index in [1.54, 1.807) is 0 Å². The van der Waals surface area contributed by atoms with Crippen molar-refractivity contribution < 1.29 is 14.3 Å². The lowest BCUT2D eigenvalue weighted by Crippen LogP contribution is -2.36. The Bertz CT molecular complexity index is 809. The van der Waals surface area contributed by atoms with Gasteiger partial charge in [-0.2, -0.15) is 0 Å². The quantitative estimate of drug-likeness (QED) is 0.756. The van der Waals surface area contributed by atoms with Gasteiger partial charge in [0.2, 0.25) is 0 Å². The number of morpholine rings is 1. The monoisotopic (exact) mass is 375 g/mol. The second-order valence-corrected chi connectivity index (χ2v) is 7.78. The van der Waals surface area contributed by atoms with Crippen molar-refractivity contribution in [3.8, 4) is 0 Å². The summed E-state index contributed by atoms with van der Waals surface area (Å²) in [6.45, 7) is 2.80. The third-order valence-corrected chi connectivity index (χ3v) is 6.49. The van der Waals surface area contributed by atoms with Gasteiger partial charge in [-0.05, 0) is 29.7 Å². The van der Waals surface area contributed by atoms with Gasteiger partial charge in [-0.1, -0.05) is 23.7 Å². The highest BCUT2D eigenvalue weighted by molar-refractivity contribution is 7.18. The zero-order valence-electron chi connectivity index (χ0n) is 13.7. The number of halogens is 1. The second-order valence-electron chi connectivity index (χ2n) is 6.35. The van der Waals surface area contributed by atoms with Crippen LogP contribution in [-0.4, -0.2) is 38.4 Å². The van der Waals surface area contributed by atoms with Crippen molar-refractivity contribution in [2.24, 2.45) is 0 Å². The number of thiophene rings is 1. The number of hydrogen-bond donors (Lipinski definition) is 0. The van der Waals surface area contributed by atoms with Crippen LogP contribution in [0.25, 0.3) is 0 Å². The van der Waals surface area contributed by atoms with E-state index in [9.17, 15) is 9.59 Å². The van der Waals surface area contributed by atoms with Crippen molar-refractivity contribution in [2.45, 2.75) is 18.8 Å². The minimum atomic E-state index is 0.0659. The molecule has 1 fully saturated rings. The van der Waals surface area contributed by atoms with Crippen LogP contribution in [0.5, 0.6) is 0 Å². The number of carbonyl (C=O) groups excluding carboxylic acids is 2. The summed E-state index contributed by atoms with van der Waals surface area (Å²) in [6.07, 6.45) is 2.16. The Morgan fingerprint density at radius 1 is 1.20 bits per heavy atom. The maximum Gasteiger partial charge on any atom is 0.173 e. The number of anilines is 1. The fraction of sp³-hybridized carbons (Fsp3) is 0.368. The Morgan fingerprint density at radius 3 is 2.60 bits per heavy atom. The summed E-state index contributed by atoms with van der Waals surface area (Å²) in [5.74, 6) is 0.212. The molecule has 0 bridgehead atoms. The van der Waals surface area contributed by atoms with E-state index in [0.29, 0.717) is 30.2 Å². The number of carbonyl (C=O) groups is 2. The molecule has 6 heteroatoms. The van der Waals surface area contributed by atoms with Crippen LogP contribution >= 0.6 is 22.9 Å². The molecule has 1 aromatic carbocycles. The Kier molecular flexibility index (Phi) is 4.63. The van der Waals surface area contributed by atoms with E-state index in [0.717, 1.165) is 46.8 Å². The molecule has 2 aliphatic rings. The number of ketones is 1. The van der Waals surface area contributed by atoms with Gasteiger partial charge in [-0.15, -0.1) is 11.3 Å². The average molecular weight is 376 g/mol. The first-order valence-corrected chi connectivity index (χ1v) is 9.61. The Morgan fingerprint density at radius 2 is 1.92 bits per heavy atom. The largest absolute Gasteiger partial charge is 0.378 e. The van der Waals surface area contributed by atoms with E-state index in [4.69, 9.17) is 16.3 Å². The van der Waals surface area contributed by atoms with E-state index < -0.39 is 0 Å². The molecule has 0 radical (unpaired) electrons. The fourth-order valence-electron chi connectivity index (χ4n) is 3.67. The van der Waals surface area contributed by atoms with Crippen molar-refractivity contribution in [3.63, 3.8) is 0 Å². The Balaban J connectivity index is 1.82. The molecule has 1 saturated heterocycles. The number of ether oxygens (including phenoxy) is 1. The molecule has 25 heavy (non-hydrogen) atoms. The summed E-state index contributed by atoms with van der Waals surface area (Å²) in [6, 6.07) is 7.71. The van der Waals surface area contributed by atoms with Gasteiger partial charge in [-0.3, -0.25) is 9.59 Å². The van der Waals surface area contributed by atoms with E-state index in [1.807, 2.05) is 24.3 Å². The number of aldehydes is 1. The van der Waals surface area contributed by atoms with Gasteiger partial charge in [0.05, 0.1) is 23.7 Å². The lowest BCUT2D eigenvalue weighted by atomic mass is 9.80. The van der Waals surface area contributed by atoms with Gasteiger partial charge in [0, 0.05) is 30.5 Å². The Hall–Kier alpha value is -1.69. The molecule has 4 nitrogen and oxygen atoms in total. The van der Waals surface area contributed by atoms with Crippen molar-refractivity contribution in [2.75, 3.05) is 31.2 Å². The predicted molar refractivity (Wildman–Crippen MR) is 99.6 cm³/mol. The molecule has 1 aromatic heterocycles. The molecule has 1 aliphatic heterocycles. The van der Waals surface area contributed by atoms with Crippen LogP contribution in [-0.2, 0) is 4.74 Å². The molecule has 0 spiro atoms. The van der Waals surface area contributed by atoms with Gasteiger partial charge in [0.1, 0.15) is 5.00 Å². The molecule has 1 aliphatic carbocycles. The van der Waals surface area contributed by atoms with Crippen LogP contribution < -0.4 is 4.90 Å². The topological polar surface area (TPSA) is 46.6 Å². The summed E-state index contributed by atoms with van der Waals surface area (Å²) in [5, 5.41) is 1.60. The number of rotatable bonds is 3. The smallest absolute Gasteiger partial charge is 0.173 e. The molecule has 2 aromatic rings. The molecule has 130 valence electrons. The summed E-state index contributed by atoms with van der Waals surface area (Å²) in [4.78, 5) is 27.4. The third kappa shape index (κ3) is 3.01. The highest BCUT2D eigenvalue weighted by Crippen LogP contribution is 2.46. The molecule has 0 N–H and O–H groups in total. The molecule has 1 atom stereocenters. The van der Waals surface area contributed by atoms with Gasteiger partial charge < -0.3 is 9.64 Å². The zero-order valence-corrected chi connectivity index (χ0v) is 15.2. The number of Topliss-reactive ketones (excluding diaryl/α,β-unsaturated/α-hetero) is 1. The number of fused-ring (bicyclic) bond motifs is 1. The summed E-state index contributed by atoms with van der Waals surface area (Å²) in [7, 11) is 0. The Labute approximate surface area is 155 Å². The van der Waals surface area contributed by atoms with Gasteiger partial charge in [0.25, 0.3) is 0 Å². The van der Waals surface area contributed by atoms with Crippen molar-refractivity contribution in [1.82, 2.24) is 0 Å². The molecule has 0 saturated carbocycles. The third-order valence-electron chi connectivity index (χ3n) is 4.91. The summed E-state index contributed by atoms with van der Waals surface area (Å²) < 4.78 is 5.41. The normalized spacial score (nSPS) is 20.4. The van der Waals surface area contributed by atoms with Crippen molar-refractivity contribution >= 4 is 40.0 Å². The van der Waals surface area contributed by atoms with Crippen LogP contribution in [0.1, 0.15) is 49.9 Å². The minimum Gasteiger partial charge on any atom is -0.378 e. The predicted octanol–water partition coefficient (Wildman–Crippen LogP) is 4.16. The minimum absolute atomic E-state index is 0.0659. The number of nitrogens with zero attached hydrogens (tertiary/aromatic N) is 1. The maximum absolute atomic E-state index is 12.5. The maximum atomic E-state index is 12.5. The van der Waals surface area contributed by atoms with Crippen molar-refractivity contribution in [1.29, 1.82) is 0 Å². The van der Waals surface area contributed by atoms with E-state index in [2.05, 4.69) is 4.90 Å². The average Bonchev–Trinajstić information content (AvgIpc) is 3.04. The van der Waals surface area contributed by atoms with E-state index in [-0.39, 0.29) is 11.7 Å². The number of hydrogen-bond acceptors (Lipinski definition) is 5. The highest BCUT2D eigenvalue weighted by atomic mass is 35.5. The lowest BCUT2D eigenvalue weighted by Gasteiger charge is -2.28. The van der Waals surface area contributed by atoms with Crippen molar-refractivity contribution in [3.05, 3.63) is 50.9 Å². The lowest BCUT2D eigenvalue weighted by molar-refractivity contribution is 0.0974. The standard InChI is InChI=1S/C19H18ClNO3S/c20-13-3-1-12(2-4-13)14-5-6-16(23)18-17(14)15(11-22)19(25-18)21-7-9-24-10-8-21/h1-4,11,14H,5-10H2. The molecule has 4 rings (SSSR count). The molecule has 0 amide bonds. The summed E-state index contributed by atoms with van der Waals surface area (Å²) >= 11 is 7.48. The first-order valence-electron chi connectivity index (χ1n) is 8.42. The molecule has 1 unspecified atom stereocenters. The van der Waals surface area contributed by atoms with Crippen LogP contribution in [0.4, 0.5) is 5.00 Å². The van der Waals surface area contributed by atoms with Crippen LogP contribution in [0.3, 0.4) is 0 Å². The molecule has 2 heterocycles. The second kappa shape index (κ2) is 6.90. The fourth-order valence-corrected chi connectivity index (χ4v) is 5.15. The molecular weight excluding hydrogens is 358 g/mol. The molecular formula is C19H18ClNO3S. The van der Waals surface area contributed by atoms with Gasteiger partial charge in [-0.25, -0.2) is 0 Å². The van der Waals surface area contributed by atoms with Crippen LogP contribution in [0, 0.1) is 0 Å². The van der Waals surface area contributed by atoms with Gasteiger partial charge >= 0.3 is 0 Å². The SMILES string of the molecule is O=Cc1c(N2CCOCC2)sc2c1C(c1ccc(Cl)cc1)CCC2=O. The highest BCUT2D eigenvalue weighted by Gasteiger charge is 2.34. The van der Waals surface area contributed by atoms with Crippen LogP contribution in [0.15, 0.2) is 24.3 Å². The van der Waals surface area contributed by atoms with E-state index >= 15 is 0 Å². The first-order chi connectivity index (χ1) is 12.2. The van der Waals surface area contributed by atoms with E-state index in [1.165, 1.54) is 11.3 Å². The number of benzene rings is 1. The zero-order chi connectivity index (χ0) is 17.4. The summed E-state index contributed by atoms with van der Waals surface area (Å²) in [5.41, 5.74) is 2.68. The van der Waals surface area contributed by atoms with Crippen LogP contribution in [0.2, 0.25) is 5.02 Å². The first kappa shape index (κ1) is 16.8. The van der Waals surface area contributed by atoms with Gasteiger partial charge in [0.15, 0.2) is 12.1 Å².